The summed E-state index contributed by atoms with van der Waals surface area (Å²) in [5.41, 5.74) is 8.20. The number of fused-ring (bicyclic) bond motifs is 1. The molecule has 0 radical (unpaired) electrons. The van der Waals surface area contributed by atoms with E-state index in [0.29, 0.717) is 18.3 Å². The van der Waals surface area contributed by atoms with Gasteiger partial charge in [-0.15, -0.1) is 0 Å². The highest BCUT2D eigenvalue weighted by molar-refractivity contribution is 5.93. The summed E-state index contributed by atoms with van der Waals surface area (Å²) in [7, 11) is 0. The topological polar surface area (TPSA) is 86.2 Å². The Morgan fingerprint density at radius 2 is 1.88 bits per heavy atom. The maximum absolute atomic E-state index is 9.73. The van der Waals surface area contributed by atoms with Gasteiger partial charge >= 0.3 is 0 Å². The summed E-state index contributed by atoms with van der Waals surface area (Å²) in [6.45, 7) is 0.438. The van der Waals surface area contributed by atoms with Gasteiger partial charge in [-0.1, -0.05) is 30.3 Å². The molecule has 0 saturated heterocycles. The van der Waals surface area contributed by atoms with Crippen LogP contribution in [0.25, 0.3) is 10.9 Å². The minimum Gasteiger partial charge on any atom is -0.472 e. The first kappa shape index (κ1) is 15.9. The maximum Gasteiger partial charge on any atom is 0.227 e. The van der Waals surface area contributed by atoms with Crippen molar-refractivity contribution in [1.82, 2.24) is 14.8 Å². The molecule has 1 saturated carbocycles. The third kappa shape index (κ3) is 3.17. The third-order valence-corrected chi connectivity index (χ3v) is 4.84. The van der Waals surface area contributed by atoms with Crippen LogP contribution in [0, 0.1) is 0 Å². The monoisotopic (exact) mass is 338 g/mol. The molecule has 4 rings (SSSR count). The Morgan fingerprint density at radius 3 is 2.64 bits per heavy atom. The van der Waals surface area contributed by atoms with Crippen molar-refractivity contribution in [3.05, 3.63) is 48.2 Å². The predicted molar refractivity (Wildman–Crippen MR) is 96.2 cm³/mol. The van der Waals surface area contributed by atoms with Crippen molar-refractivity contribution in [3.8, 4) is 5.88 Å². The predicted octanol–water partition coefficient (Wildman–Crippen LogP) is 3.07. The van der Waals surface area contributed by atoms with E-state index >= 15 is 0 Å². The van der Waals surface area contributed by atoms with Crippen LogP contribution < -0.4 is 10.5 Å². The molecule has 0 atom stereocenters. The molecule has 1 aliphatic carbocycles. The molecule has 0 unspecified atom stereocenters. The van der Waals surface area contributed by atoms with Crippen molar-refractivity contribution in [2.24, 2.45) is 0 Å². The average molecular weight is 338 g/mol. The number of nitrogens with two attached hydrogens (primary N) is 1. The molecule has 0 aliphatic heterocycles. The van der Waals surface area contributed by atoms with Gasteiger partial charge in [0.2, 0.25) is 5.88 Å². The van der Waals surface area contributed by atoms with Gasteiger partial charge in [-0.05, 0) is 37.3 Å². The third-order valence-electron chi connectivity index (χ3n) is 4.84. The normalized spacial score (nSPS) is 20.7. The lowest BCUT2D eigenvalue weighted by Crippen LogP contribution is -2.21. The minimum absolute atomic E-state index is 0.193. The number of aromatic nitrogens is 3. The molecule has 0 spiro atoms. The van der Waals surface area contributed by atoms with Crippen LogP contribution in [-0.2, 0) is 6.61 Å². The molecule has 1 aliphatic rings. The SMILES string of the molecule is Nc1nn([C@H]2CC[C@@H](O)CC2)c2ccnc(OCc3ccccc3)c12. The Balaban J connectivity index is 1.63. The van der Waals surface area contributed by atoms with Gasteiger partial charge in [0.1, 0.15) is 12.0 Å². The molecule has 2 heterocycles. The van der Waals surface area contributed by atoms with Gasteiger partial charge in [0.05, 0.1) is 17.7 Å². The van der Waals surface area contributed by atoms with Gasteiger partial charge in [0.15, 0.2) is 5.82 Å². The van der Waals surface area contributed by atoms with E-state index in [4.69, 9.17) is 10.5 Å². The van der Waals surface area contributed by atoms with Crippen molar-refractivity contribution in [2.75, 3.05) is 5.73 Å². The molecule has 6 nitrogen and oxygen atoms in total. The van der Waals surface area contributed by atoms with Gasteiger partial charge in [0, 0.05) is 6.20 Å². The summed E-state index contributed by atoms with van der Waals surface area (Å²) in [5, 5.41) is 15.0. The number of ether oxygens (including phenoxy) is 1. The van der Waals surface area contributed by atoms with Crippen LogP contribution in [-0.4, -0.2) is 26.0 Å². The quantitative estimate of drug-likeness (QED) is 0.763. The zero-order chi connectivity index (χ0) is 17.2. The number of aliphatic hydroxyl groups excluding tert-OH is 1. The number of hydrogen-bond acceptors (Lipinski definition) is 5. The smallest absolute Gasteiger partial charge is 0.227 e. The molecule has 6 heteroatoms. The Bertz CT molecular complexity index is 854. The molecule has 25 heavy (non-hydrogen) atoms. The largest absolute Gasteiger partial charge is 0.472 e. The van der Waals surface area contributed by atoms with E-state index in [2.05, 4.69) is 10.1 Å². The Hall–Kier alpha value is -2.60. The van der Waals surface area contributed by atoms with Crippen LogP contribution in [0.2, 0.25) is 0 Å². The van der Waals surface area contributed by atoms with E-state index in [0.717, 1.165) is 42.1 Å². The number of nitrogens with zero attached hydrogens (tertiary/aromatic N) is 3. The molecular formula is C19H22N4O2. The van der Waals surface area contributed by atoms with Crippen LogP contribution in [0.3, 0.4) is 0 Å². The highest BCUT2D eigenvalue weighted by Gasteiger charge is 2.25. The number of rotatable bonds is 4. The van der Waals surface area contributed by atoms with Crippen LogP contribution in [0.4, 0.5) is 5.82 Å². The Labute approximate surface area is 146 Å². The van der Waals surface area contributed by atoms with E-state index in [1.807, 2.05) is 41.1 Å². The van der Waals surface area contributed by atoms with Crippen molar-refractivity contribution in [2.45, 2.75) is 44.4 Å². The van der Waals surface area contributed by atoms with Crippen molar-refractivity contribution < 1.29 is 9.84 Å². The molecule has 0 amide bonds. The molecular weight excluding hydrogens is 316 g/mol. The number of hydrogen-bond donors (Lipinski definition) is 2. The van der Waals surface area contributed by atoms with Crippen LogP contribution >= 0.6 is 0 Å². The number of aliphatic hydroxyl groups is 1. The second-order valence-electron chi connectivity index (χ2n) is 6.58. The number of anilines is 1. The lowest BCUT2D eigenvalue weighted by Gasteiger charge is -2.26. The van der Waals surface area contributed by atoms with E-state index < -0.39 is 0 Å². The highest BCUT2D eigenvalue weighted by Crippen LogP contribution is 2.35. The van der Waals surface area contributed by atoms with Crippen LogP contribution in [0.15, 0.2) is 42.6 Å². The second-order valence-corrected chi connectivity index (χ2v) is 6.58. The summed E-state index contributed by atoms with van der Waals surface area (Å²) in [5.74, 6) is 0.957. The zero-order valence-electron chi connectivity index (χ0n) is 14.0. The number of nitrogen functional groups attached to an aromatic ring is 1. The fourth-order valence-electron chi connectivity index (χ4n) is 3.50. The van der Waals surface area contributed by atoms with Crippen molar-refractivity contribution >= 4 is 16.7 Å². The number of benzene rings is 1. The molecule has 130 valence electrons. The van der Waals surface area contributed by atoms with Gasteiger partial charge < -0.3 is 15.6 Å². The molecule has 1 fully saturated rings. The van der Waals surface area contributed by atoms with Gasteiger partial charge in [-0.2, -0.15) is 5.10 Å². The van der Waals surface area contributed by atoms with Gasteiger partial charge in [-0.3, -0.25) is 4.68 Å². The molecule has 3 N–H and O–H groups in total. The van der Waals surface area contributed by atoms with Crippen molar-refractivity contribution in [1.29, 1.82) is 0 Å². The summed E-state index contributed by atoms with van der Waals surface area (Å²) in [6, 6.07) is 12.2. The highest BCUT2D eigenvalue weighted by atomic mass is 16.5. The first-order chi connectivity index (χ1) is 12.2. The Morgan fingerprint density at radius 1 is 1.12 bits per heavy atom. The van der Waals surface area contributed by atoms with E-state index in [-0.39, 0.29) is 12.1 Å². The molecule has 1 aromatic carbocycles. The average Bonchev–Trinajstić information content (AvgIpc) is 2.99. The summed E-state index contributed by atoms with van der Waals surface area (Å²) in [6.07, 6.45) is 4.95. The molecule has 0 bridgehead atoms. The standard InChI is InChI=1S/C19H22N4O2/c20-18-17-16(23(22-18)14-6-8-15(24)9-7-14)10-11-21-19(17)25-12-13-4-2-1-3-5-13/h1-5,10-11,14-15,24H,6-9,12H2,(H2,20,22)/t14-,15+. The van der Waals surface area contributed by atoms with Crippen LogP contribution in [0.1, 0.15) is 37.3 Å². The van der Waals surface area contributed by atoms with Crippen molar-refractivity contribution in [3.63, 3.8) is 0 Å². The van der Waals surface area contributed by atoms with Gasteiger partial charge in [0.25, 0.3) is 0 Å². The lowest BCUT2D eigenvalue weighted by molar-refractivity contribution is 0.109. The first-order valence-corrected chi connectivity index (χ1v) is 8.70. The van der Waals surface area contributed by atoms with Crippen LogP contribution in [0.5, 0.6) is 5.88 Å². The summed E-state index contributed by atoms with van der Waals surface area (Å²) >= 11 is 0. The second kappa shape index (κ2) is 6.72. The zero-order valence-corrected chi connectivity index (χ0v) is 14.0. The first-order valence-electron chi connectivity index (χ1n) is 8.70. The number of pyridine rings is 1. The molecule has 3 aromatic rings. The van der Waals surface area contributed by atoms with E-state index in [1.54, 1.807) is 6.20 Å². The van der Waals surface area contributed by atoms with Gasteiger partial charge in [-0.25, -0.2) is 4.98 Å². The fourth-order valence-corrected chi connectivity index (χ4v) is 3.50. The maximum atomic E-state index is 9.73. The Kier molecular flexibility index (Phi) is 4.28. The minimum atomic E-state index is -0.193. The fraction of sp³-hybridized carbons (Fsp3) is 0.368. The van der Waals surface area contributed by atoms with E-state index in [9.17, 15) is 5.11 Å². The van der Waals surface area contributed by atoms with E-state index in [1.165, 1.54) is 0 Å². The molecule has 2 aromatic heterocycles. The summed E-state index contributed by atoms with van der Waals surface area (Å²) in [4.78, 5) is 4.36. The summed E-state index contributed by atoms with van der Waals surface area (Å²) < 4.78 is 7.90. The lowest BCUT2D eigenvalue weighted by atomic mass is 9.93.